The highest BCUT2D eigenvalue weighted by Crippen LogP contribution is 2.14. The SMILES string of the molecule is Cc1ccc(S(=O)(=O)NC2=NCN(C(C)(C)C)CN2)cc1. The van der Waals surface area contributed by atoms with Gasteiger partial charge in [0, 0.05) is 5.54 Å². The summed E-state index contributed by atoms with van der Waals surface area (Å²) in [6, 6.07) is 6.71. The van der Waals surface area contributed by atoms with Crippen molar-refractivity contribution in [1.29, 1.82) is 0 Å². The lowest BCUT2D eigenvalue weighted by Crippen LogP contribution is -2.55. The van der Waals surface area contributed by atoms with Crippen LogP contribution in [0.1, 0.15) is 26.3 Å². The Bertz CT molecular complexity index is 630. The van der Waals surface area contributed by atoms with Gasteiger partial charge in [0.15, 0.2) is 0 Å². The fraction of sp³-hybridized carbons (Fsp3) is 0.500. The minimum atomic E-state index is -3.59. The zero-order chi connectivity index (χ0) is 15.7. The summed E-state index contributed by atoms with van der Waals surface area (Å²) in [6.45, 7) is 9.20. The summed E-state index contributed by atoms with van der Waals surface area (Å²) >= 11 is 0. The summed E-state index contributed by atoms with van der Waals surface area (Å²) in [4.78, 5) is 6.59. The second-order valence-electron chi connectivity index (χ2n) is 6.11. The molecule has 0 amide bonds. The molecule has 0 radical (unpaired) electrons. The van der Waals surface area contributed by atoms with Crippen LogP contribution in [0.3, 0.4) is 0 Å². The van der Waals surface area contributed by atoms with Gasteiger partial charge in [0.1, 0.15) is 0 Å². The van der Waals surface area contributed by atoms with Gasteiger partial charge in [0.05, 0.1) is 18.2 Å². The zero-order valence-electron chi connectivity index (χ0n) is 12.8. The molecular formula is C14H22N4O2S. The van der Waals surface area contributed by atoms with E-state index in [9.17, 15) is 8.42 Å². The first-order chi connectivity index (χ1) is 9.68. The Morgan fingerprint density at radius 2 is 1.86 bits per heavy atom. The Morgan fingerprint density at radius 1 is 1.24 bits per heavy atom. The molecule has 1 aliphatic heterocycles. The van der Waals surface area contributed by atoms with Crippen molar-refractivity contribution in [2.75, 3.05) is 13.3 Å². The molecule has 21 heavy (non-hydrogen) atoms. The number of benzene rings is 1. The van der Waals surface area contributed by atoms with Crippen LogP contribution in [-0.4, -0.2) is 38.2 Å². The van der Waals surface area contributed by atoms with Crippen molar-refractivity contribution in [3.63, 3.8) is 0 Å². The largest absolute Gasteiger partial charge is 0.343 e. The molecule has 1 aliphatic rings. The van der Waals surface area contributed by atoms with E-state index in [4.69, 9.17) is 0 Å². The summed E-state index contributed by atoms with van der Waals surface area (Å²) in [7, 11) is -3.59. The molecule has 0 unspecified atom stereocenters. The number of aryl methyl sites for hydroxylation is 1. The molecule has 6 nitrogen and oxygen atoms in total. The molecule has 0 atom stereocenters. The van der Waals surface area contributed by atoms with Crippen LogP contribution in [0.2, 0.25) is 0 Å². The maximum absolute atomic E-state index is 12.2. The first-order valence-electron chi connectivity index (χ1n) is 6.81. The predicted molar refractivity (Wildman–Crippen MR) is 83.4 cm³/mol. The molecule has 0 aromatic heterocycles. The van der Waals surface area contributed by atoms with E-state index < -0.39 is 10.0 Å². The third-order valence-corrected chi connectivity index (χ3v) is 4.70. The molecule has 0 saturated carbocycles. The van der Waals surface area contributed by atoms with Crippen molar-refractivity contribution in [3.8, 4) is 0 Å². The van der Waals surface area contributed by atoms with Crippen molar-refractivity contribution in [1.82, 2.24) is 14.9 Å². The Morgan fingerprint density at radius 3 is 2.33 bits per heavy atom. The second kappa shape index (κ2) is 5.65. The highest BCUT2D eigenvalue weighted by Gasteiger charge is 2.25. The Labute approximate surface area is 126 Å². The minimum absolute atomic E-state index is 0.0160. The molecule has 7 heteroatoms. The van der Waals surface area contributed by atoms with Crippen LogP contribution >= 0.6 is 0 Å². The van der Waals surface area contributed by atoms with Crippen LogP contribution < -0.4 is 10.0 Å². The van der Waals surface area contributed by atoms with Gasteiger partial charge in [-0.3, -0.25) is 4.90 Å². The lowest BCUT2D eigenvalue weighted by Gasteiger charge is -2.37. The zero-order valence-corrected chi connectivity index (χ0v) is 13.7. The molecule has 116 valence electrons. The van der Waals surface area contributed by atoms with E-state index in [1.165, 1.54) is 0 Å². The van der Waals surface area contributed by atoms with E-state index in [-0.39, 0.29) is 16.4 Å². The molecule has 0 aliphatic carbocycles. The maximum atomic E-state index is 12.2. The van der Waals surface area contributed by atoms with Crippen LogP contribution in [-0.2, 0) is 10.0 Å². The minimum Gasteiger partial charge on any atom is -0.343 e. The van der Waals surface area contributed by atoms with Crippen molar-refractivity contribution in [2.24, 2.45) is 4.99 Å². The van der Waals surface area contributed by atoms with Crippen LogP contribution in [0, 0.1) is 6.92 Å². The predicted octanol–water partition coefficient (Wildman–Crippen LogP) is 1.25. The van der Waals surface area contributed by atoms with Crippen LogP contribution in [0.15, 0.2) is 34.2 Å². The molecule has 1 aromatic rings. The lowest BCUT2D eigenvalue weighted by atomic mass is 10.1. The fourth-order valence-corrected chi connectivity index (χ4v) is 2.86. The quantitative estimate of drug-likeness (QED) is 0.862. The Hall–Kier alpha value is -1.60. The van der Waals surface area contributed by atoms with Gasteiger partial charge in [-0.15, -0.1) is 0 Å². The topological polar surface area (TPSA) is 73.8 Å². The number of guanidine groups is 1. The summed E-state index contributed by atoms with van der Waals surface area (Å²) in [5.41, 5.74) is 1.00. The number of nitrogens with zero attached hydrogens (tertiary/aromatic N) is 2. The van der Waals surface area contributed by atoms with Gasteiger partial charge < -0.3 is 5.32 Å². The Balaban J connectivity index is 2.08. The van der Waals surface area contributed by atoms with Gasteiger partial charge in [-0.1, -0.05) is 17.7 Å². The number of sulfonamides is 1. The van der Waals surface area contributed by atoms with Gasteiger partial charge in [-0.2, -0.15) is 0 Å². The molecule has 0 bridgehead atoms. The van der Waals surface area contributed by atoms with Crippen LogP contribution in [0.5, 0.6) is 0 Å². The Kier molecular flexibility index (Phi) is 4.25. The number of aliphatic imine (C=N–C) groups is 1. The molecule has 0 fully saturated rings. The standard InChI is InChI=1S/C14H22N4O2S/c1-11-5-7-12(8-6-11)21(19,20)17-13-15-9-18(10-16-13)14(2,3)4/h5-8H,9-10H2,1-4H3,(H2,15,16,17). The summed E-state index contributed by atoms with van der Waals surface area (Å²) in [5.74, 6) is 0.288. The van der Waals surface area contributed by atoms with E-state index in [1.54, 1.807) is 24.3 Å². The molecule has 1 aromatic carbocycles. The van der Waals surface area contributed by atoms with Crippen molar-refractivity contribution >= 4 is 16.0 Å². The van der Waals surface area contributed by atoms with Crippen molar-refractivity contribution in [2.45, 2.75) is 38.1 Å². The molecule has 2 rings (SSSR count). The van der Waals surface area contributed by atoms with E-state index in [2.05, 4.69) is 40.7 Å². The van der Waals surface area contributed by atoms with E-state index in [1.807, 2.05) is 6.92 Å². The molecule has 0 saturated heterocycles. The first-order valence-corrected chi connectivity index (χ1v) is 8.30. The monoisotopic (exact) mass is 310 g/mol. The van der Waals surface area contributed by atoms with Crippen LogP contribution in [0.25, 0.3) is 0 Å². The number of rotatable bonds is 2. The molecule has 1 heterocycles. The van der Waals surface area contributed by atoms with Crippen molar-refractivity contribution < 1.29 is 8.42 Å². The fourth-order valence-electron chi connectivity index (χ4n) is 1.85. The highest BCUT2D eigenvalue weighted by atomic mass is 32.2. The maximum Gasteiger partial charge on any atom is 0.264 e. The van der Waals surface area contributed by atoms with Gasteiger partial charge in [-0.25, -0.2) is 18.1 Å². The summed E-state index contributed by atoms with van der Waals surface area (Å²) in [5, 5.41) is 3.00. The smallest absolute Gasteiger partial charge is 0.264 e. The average Bonchev–Trinajstić information content (AvgIpc) is 2.38. The third-order valence-electron chi connectivity index (χ3n) is 3.35. The molecule has 2 N–H and O–H groups in total. The third kappa shape index (κ3) is 3.95. The number of hydrogen-bond acceptors (Lipinski definition) is 5. The lowest BCUT2D eigenvalue weighted by molar-refractivity contribution is 0.130. The van der Waals surface area contributed by atoms with Crippen molar-refractivity contribution in [3.05, 3.63) is 29.8 Å². The van der Waals surface area contributed by atoms with E-state index in [0.717, 1.165) is 5.56 Å². The van der Waals surface area contributed by atoms with E-state index >= 15 is 0 Å². The normalized spacial score (nSPS) is 17.0. The molecular weight excluding hydrogens is 288 g/mol. The average molecular weight is 310 g/mol. The second-order valence-corrected chi connectivity index (χ2v) is 7.79. The summed E-state index contributed by atoms with van der Waals surface area (Å²) in [6.07, 6.45) is 0. The summed E-state index contributed by atoms with van der Waals surface area (Å²) < 4.78 is 27.0. The van der Waals surface area contributed by atoms with E-state index in [0.29, 0.717) is 13.3 Å². The first kappa shape index (κ1) is 15.8. The van der Waals surface area contributed by atoms with Gasteiger partial charge in [0.2, 0.25) is 5.96 Å². The van der Waals surface area contributed by atoms with Gasteiger partial charge in [0.25, 0.3) is 10.0 Å². The van der Waals surface area contributed by atoms with Gasteiger partial charge in [-0.05, 0) is 39.8 Å². The van der Waals surface area contributed by atoms with Gasteiger partial charge >= 0.3 is 0 Å². The molecule has 0 spiro atoms. The van der Waals surface area contributed by atoms with Crippen LogP contribution in [0.4, 0.5) is 0 Å². The number of hydrogen-bond donors (Lipinski definition) is 2. The number of nitrogens with one attached hydrogen (secondary N) is 2. The highest BCUT2D eigenvalue weighted by molar-refractivity contribution is 7.90.